The first-order chi connectivity index (χ1) is 11.9. The number of ether oxygens (including phenoxy) is 2. The Morgan fingerprint density at radius 1 is 1.32 bits per heavy atom. The van der Waals surface area contributed by atoms with Crippen LogP contribution in [0.25, 0.3) is 0 Å². The van der Waals surface area contributed by atoms with Crippen LogP contribution in [-0.2, 0) is 14.3 Å². The average molecular weight is 360 g/mol. The highest BCUT2D eigenvalue weighted by Gasteiger charge is 2.51. The van der Waals surface area contributed by atoms with Crippen molar-refractivity contribution in [2.75, 3.05) is 19.6 Å². The minimum atomic E-state index is -2.78. The SMILES string of the molecule is O=C(CC1CC2OC(CNC3CCC3)C(O)C2O1)N1CCC(F)(F)C1. The van der Waals surface area contributed by atoms with E-state index < -0.39 is 24.7 Å². The molecule has 1 aliphatic carbocycles. The lowest BCUT2D eigenvalue weighted by Gasteiger charge is -2.29. The zero-order valence-electron chi connectivity index (χ0n) is 14.2. The Kier molecular flexibility index (Phi) is 4.72. The number of likely N-dealkylation sites (tertiary alicyclic amines) is 1. The van der Waals surface area contributed by atoms with Gasteiger partial charge in [0.25, 0.3) is 5.92 Å². The van der Waals surface area contributed by atoms with Crippen molar-refractivity contribution >= 4 is 5.91 Å². The molecule has 3 heterocycles. The number of hydrogen-bond acceptors (Lipinski definition) is 5. The number of alkyl halides is 2. The monoisotopic (exact) mass is 360 g/mol. The molecular weight excluding hydrogens is 334 g/mol. The zero-order valence-corrected chi connectivity index (χ0v) is 14.2. The predicted molar refractivity (Wildman–Crippen MR) is 84.3 cm³/mol. The fourth-order valence-corrected chi connectivity index (χ4v) is 4.18. The van der Waals surface area contributed by atoms with Gasteiger partial charge in [0, 0.05) is 32.0 Å². The molecule has 0 radical (unpaired) electrons. The molecule has 5 atom stereocenters. The van der Waals surface area contributed by atoms with Gasteiger partial charge < -0.3 is 24.8 Å². The second-order valence-electron chi connectivity index (χ2n) is 7.82. The van der Waals surface area contributed by atoms with E-state index >= 15 is 0 Å². The van der Waals surface area contributed by atoms with Crippen molar-refractivity contribution < 1.29 is 28.2 Å². The molecule has 4 rings (SSSR count). The highest BCUT2D eigenvalue weighted by atomic mass is 19.3. The van der Waals surface area contributed by atoms with Crippen molar-refractivity contribution in [1.29, 1.82) is 0 Å². The lowest BCUT2D eigenvalue weighted by atomic mass is 9.93. The quantitative estimate of drug-likeness (QED) is 0.754. The number of carbonyl (C=O) groups excluding carboxylic acids is 1. The molecular formula is C17H26F2N2O4. The zero-order chi connectivity index (χ0) is 17.6. The van der Waals surface area contributed by atoms with Gasteiger partial charge in [0.05, 0.1) is 31.3 Å². The van der Waals surface area contributed by atoms with Gasteiger partial charge in [-0.1, -0.05) is 6.42 Å². The topological polar surface area (TPSA) is 71.0 Å². The number of aliphatic hydroxyl groups excluding tert-OH is 1. The molecule has 0 aromatic rings. The summed E-state index contributed by atoms with van der Waals surface area (Å²) in [6.45, 7) is 0.202. The van der Waals surface area contributed by atoms with E-state index in [1.54, 1.807) is 0 Å². The molecule has 0 aromatic carbocycles. The van der Waals surface area contributed by atoms with E-state index in [0.29, 0.717) is 19.0 Å². The van der Waals surface area contributed by atoms with Gasteiger partial charge >= 0.3 is 0 Å². The van der Waals surface area contributed by atoms with Crippen molar-refractivity contribution in [3.8, 4) is 0 Å². The van der Waals surface area contributed by atoms with Gasteiger partial charge in [-0.05, 0) is 12.8 Å². The van der Waals surface area contributed by atoms with Crippen LogP contribution in [0.1, 0.15) is 38.5 Å². The minimum Gasteiger partial charge on any atom is -0.388 e. The molecule has 5 unspecified atom stereocenters. The maximum atomic E-state index is 13.2. The van der Waals surface area contributed by atoms with E-state index in [2.05, 4.69) is 5.32 Å². The van der Waals surface area contributed by atoms with Crippen molar-refractivity contribution in [3.63, 3.8) is 0 Å². The maximum absolute atomic E-state index is 13.2. The summed E-state index contributed by atoms with van der Waals surface area (Å²) in [6, 6.07) is 0.529. The van der Waals surface area contributed by atoms with Gasteiger partial charge in [-0.2, -0.15) is 0 Å². The molecule has 4 fully saturated rings. The summed E-state index contributed by atoms with van der Waals surface area (Å²) in [5.41, 5.74) is 0. The van der Waals surface area contributed by atoms with Gasteiger partial charge in [-0.15, -0.1) is 0 Å². The maximum Gasteiger partial charge on any atom is 0.267 e. The summed E-state index contributed by atoms with van der Waals surface area (Å²) < 4.78 is 38.2. The molecule has 8 heteroatoms. The third-order valence-electron chi connectivity index (χ3n) is 5.92. The molecule has 3 saturated heterocycles. The number of halogens is 2. The molecule has 142 valence electrons. The normalized spacial score (nSPS) is 40.3. The number of amides is 1. The third-order valence-corrected chi connectivity index (χ3v) is 5.92. The summed E-state index contributed by atoms with van der Waals surface area (Å²) in [5, 5.41) is 13.8. The Labute approximate surface area is 145 Å². The molecule has 0 aromatic heterocycles. The number of hydrogen-bond donors (Lipinski definition) is 2. The van der Waals surface area contributed by atoms with Crippen molar-refractivity contribution in [2.45, 2.75) is 81.0 Å². The second kappa shape index (κ2) is 6.72. The highest BCUT2D eigenvalue weighted by molar-refractivity contribution is 5.77. The summed E-state index contributed by atoms with van der Waals surface area (Å²) in [4.78, 5) is 13.4. The summed E-state index contributed by atoms with van der Waals surface area (Å²) >= 11 is 0. The first-order valence-electron chi connectivity index (χ1n) is 9.29. The predicted octanol–water partition coefficient (Wildman–Crippen LogP) is 0.672. The van der Waals surface area contributed by atoms with E-state index in [0.717, 1.165) is 0 Å². The van der Waals surface area contributed by atoms with Gasteiger partial charge in [-0.25, -0.2) is 8.78 Å². The molecule has 4 aliphatic rings. The first kappa shape index (κ1) is 17.6. The van der Waals surface area contributed by atoms with Crippen molar-refractivity contribution in [2.24, 2.45) is 0 Å². The molecule has 0 spiro atoms. The molecule has 25 heavy (non-hydrogen) atoms. The summed E-state index contributed by atoms with van der Waals surface area (Å²) in [6.07, 6.45) is 1.91. The number of rotatable bonds is 5. The van der Waals surface area contributed by atoms with Gasteiger partial charge in [-0.3, -0.25) is 4.79 Å². The van der Waals surface area contributed by atoms with Crippen LogP contribution < -0.4 is 5.32 Å². The van der Waals surface area contributed by atoms with Crippen molar-refractivity contribution in [1.82, 2.24) is 10.2 Å². The minimum absolute atomic E-state index is 0.0736. The van der Waals surface area contributed by atoms with Crippen LogP contribution in [0.2, 0.25) is 0 Å². The van der Waals surface area contributed by atoms with Crippen molar-refractivity contribution in [3.05, 3.63) is 0 Å². The van der Waals surface area contributed by atoms with Crippen LogP contribution in [0.5, 0.6) is 0 Å². The van der Waals surface area contributed by atoms with Crippen LogP contribution in [0.3, 0.4) is 0 Å². The summed E-state index contributed by atoms with van der Waals surface area (Å²) in [5.74, 6) is -3.08. The summed E-state index contributed by atoms with van der Waals surface area (Å²) in [7, 11) is 0. The van der Waals surface area contributed by atoms with Crippen LogP contribution in [0, 0.1) is 0 Å². The van der Waals surface area contributed by atoms with E-state index in [1.165, 1.54) is 24.2 Å². The largest absolute Gasteiger partial charge is 0.388 e. The van der Waals surface area contributed by atoms with Crippen LogP contribution in [0.4, 0.5) is 8.78 Å². The Morgan fingerprint density at radius 3 is 2.72 bits per heavy atom. The Bertz CT molecular complexity index is 517. The fourth-order valence-electron chi connectivity index (χ4n) is 4.18. The first-order valence-corrected chi connectivity index (χ1v) is 9.29. The second-order valence-corrected chi connectivity index (χ2v) is 7.82. The Hall–Kier alpha value is -0.830. The van der Waals surface area contributed by atoms with Crippen LogP contribution >= 0.6 is 0 Å². The molecule has 1 amide bonds. The fraction of sp³-hybridized carbons (Fsp3) is 0.941. The number of nitrogens with zero attached hydrogens (tertiary/aromatic N) is 1. The van der Waals surface area contributed by atoms with E-state index in [9.17, 15) is 18.7 Å². The van der Waals surface area contributed by atoms with E-state index in [4.69, 9.17) is 9.47 Å². The van der Waals surface area contributed by atoms with E-state index in [-0.39, 0.29) is 43.6 Å². The number of carbonyl (C=O) groups is 1. The van der Waals surface area contributed by atoms with E-state index in [1.807, 2.05) is 0 Å². The number of nitrogens with one attached hydrogen (secondary N) is 1. The van der Waals surface area contributed by atoms with Crippen LogP contribution in [0.15, 0.2) is 0 Å². The number of fused-ring (bicyclic) bond motifs is 1. The molecule has 2 N–H and O–H groups in total. The third kappa shape index (κ3) is 3.67. The smallest absolute Gasteiger partial charge is 0.267 e. The molecule has 1 saturated carbocycles. The lowest BCUT2D eigenvalue weighted by molar-refractivity contribution is -0.135. The number of aliphatic hydroxyl groups is 1. The van der Waals surface area contributed by atoms with Gasteiger partial charge in [0.15, 0.2) is 0 Å². The Morgan fingerprint density at radius 2 is 2.12 bits per heavy atom. The highest BCUT2D eigenvalue weighted by Crippen LogP contribution is 2.36. The molecule has 0 bridgehead atoms. The standard InChI is InChI=1S/C17H26F2N2O4/c18-17(19)4-5-21(9-17)14(22)7-11-6-12-16(24-11)15(23)13(25-12)8-20-10-2-1-3-10/h10-13,15-16,20,23H,1-9H2. The lowest BCUT2D eigenvalue weighted by Crippen LogP contribution is -2.44. The average Bonchev–Trinajstić information content (AvgIpc) is 3.13. The van der Waals surface area contributed by atoms with Gasteiger partial charge in [0.2, 0.25) is 5.91 Å². The van der Waals surface area contributed by atoms with Gasteiger partial charge in [0.1, 0.15) is 12.2 Å². The van der Waals surface area contributed by atoms with Crippen LogP contribution in [-0.4, -0.2) is 78.0 Å². The molecule has 3 aliphatic heterocycles. The Balaban J connectivity index is 1.23. The molecule has 6 nitrogen and oxygen atoms in total.